The van der Waals surface area contributed by atoms with E-state index in [0.717, 1.165) is 12.1 Å². The normalized spacial score (nSPS) is 14.3. The molecule has 0 fully saturated rings. The number of aliphatic hydroxyl groups is 2. The van der Waals surface area contributed by atoms with Gasteiger partial charge in [0.1, 0.15) is 6.10 Å². The molecular formula is C15H24N4O2. The highest BCUT2D eigenvalue weighted by Gasteiger charge is 2.17. The molecule has 0 aliphatic carbocycles. The van der Waals surface area contributed by atoms with Gasteiger partial charge < -0.3 is 15.5 Å². The molecule has 1 rings (SSSR count). The zero-order valence-electron chi connectivity index (χ0n) is 12.8. The topological polar surface area (TPSA) is 101 Å². The van der Waals surface area contributed by atoms with Gasteiger partial charge in [0, 0.05) is 23.5 Å². The predicted octanol–water partition coefficient (Wildman–Crippen LogP) is 2.67. The van der Waals surface area contributed by atoms with Crippen molar-refractivity contribution in [2.45, 2.75) is 51.5 Å². The van der Waals surface area contributed by atoms with E-state index in [9.17, 15) is 10.2 Å². The first-order chi connectivity index (χ1) is 9.83. The Morgan fingerprint density at radius 3 is 2.38 bits per heavy atom. The van der Waals surface area contributed by atoms with E-state index < -0.39 is 12.2 Å². The van der Waals surface area contributed by atoms with Crippen LogP contribution < -0.4 is 5.32 Å². The number of hydrogen-bond donors (Lipinski definition) is 3. The van der Waals surface area contributed by atoms with Crippen LogP contribution in [0.1, 0.15) is 44.4 Å². The molecule has 1 aromatic carbocycles. The van der Waals surface area contributed by atoms with E-state index in [4.69, 9.17) is 5.53 Å². The van der Waals surface area contributed by atoms with Crippen LogP contribution in [0.3, 0.4) is 0 Å². The summed E-state index contributed by atoms with van der Waals surface area (Å²) in [5.41, 5.74) is 10.0. The Morgan fingerprint density at radius 1 is 1.24 bits per heavy atom. The summed E-state index contributed by atoms with van der Waals surface area (Å²) in [5.74, 6) is 0. The van der Waals surface area contributed by atoms with Gasteiger partial charge in [0.25, 0.3) is 0 Å². The molecule has 1 aromatic rings. The third-order valence-corrected chi connectivity index (χ3v) is 3.10. The largest absolute Gasteiger partial charge is 0.390 e. The monoisotopic (exact) mass is 292 g/mol. The molecule has 2 atom stereocenters. The minimum Gasteiger partial charge on any atom is -0.390 e. The number of azide groups is 1. The van der Waals surface area contributed by atoms with Gasteiger partial charge in [-0.25, -0.2) is 0 Å². The first kappa shape index (κ1) is 17.5. The number of aliphatic hydroxyl groups excluding tert-OH is 2. The van der Waals surface area contributed by atoms with Crippen molar-refractivity contribution in [1.82, 2.24) is 5.32 Å². The Balaban J connectivity index is 2.58. The molecule has 0 saturated carbocycles. The molecule has 2 unspecified atom stereocenters. The Morgan fingerprint density at radius 2 is 1.86 bits per heavy atom. The summed E-state index contributed by atoms with van der Waals surface area (Å²) in [7, 11) is 0. The van der Waals surface area contributed by atoms with Crippen LogP contribution in [-0.4, -0.2) is 28.4 Å². The maximum atomic E-state index is 10.0. The predicted molar refractivity (Wildman–Crippen MR) is 82.6 cm³/mol. The fourth-order valence-electron chi connectivity index (χ4n) is 1.81. The van der Waals surface area contributed by atoms with E-state index in [2.05, 4.69) is 36.1 Å². The molecule has 6 heteroatoms. The van der Waals surface area contributed by atoms with E-state index in [1.54, 1.807) is 12.1 Å². The molecule has 0 aliphatic heterocycles. The highest BCUT2D eigenvalue weighted by Crippen LogP contribution is 2.19. The highest BCUT2D eigenvalue weighted by atomic mass is 16.3. The van der Waals surface area contributed by atoms with Crippen LogP contribution in [0.25, 0.3) is 10.4 Å². The molecule has 0 radical (unpaired) electrons. The van der Waals surface area contributed by atoms with Crippen molar-refractivity contribution in [3.05, 3.63) is 45.8 Å². The highest BCUT2D eigenvalue weighted by molar-refractivity contribution is 5.24. The summed E-state index contributed by atoms with van der Waals surface area (Å²) in [4.78, 5) is 2.62. The molecule has 0 aromatic heterocycles. The van der Waals surface area contributed by atoms with Crippen LogP contribution in [0.4, 0.5) is 0 Å². The minimum atomic E-state index is -0.969. The molecule has 21 heavy (non-hydrogen) atoms. The molecule has 0 amide bonds. The van der Waals surface area contributed by atoms with Gasteiger partial charge in [-0.3, -0.25) is 0 Å². The van der Waals surface area contributed by atoms with Gasteiger partial charge >= 0.3 is 0 Å². The lowest BCUT2D eigenvalue weighted by Gasteiger charge is -2.21. The summed E-state index contributed by atoms with van der Waals surface area (Å²) in [6, 6.07) is 7.47. The van der Waals surface area contributed by atoms with Crippen LogP contribution in [0.5, 0.6) is 0 Å². The Kier molecular flexibility index (Phi) is 6.65. The van der Waals surface area contributed by atoms with Gasteiger partial charge in [0.05, 0.1) is 6.10 Å². The van der Waals surface area contributed by atoms with Crippen LogP contribution in [0.15, 0.2) is 29.4 Å². The second-order valence-corrected chi connectivity index (χ2v) is 6.10. The molecule has 3 N–H and O–H groups in total. The Hall–Kier alpha value is -1.59. The lowest BCUT2D eigenvalue weighted by Crippen LogP contribution is -2.35. The smallest absolute Gasteiger partial charge is 0.105 e. The zero-order chi connectivity index (χ0) is 15.9. The van der Waals surface area contributed by atoms with E-state index in [-0.39, 0.29) is 18.5 Å². The fourth-order valence-corrected chi connectivity index (χ4v) is 1.81. The van der Waals surface area contributed by atoms with Crippen molar-refractivity contribution in [3.63, 3.8) is 0 Å². The fraction of sp³-hybridized carbons (Fsp3) is 0.600. The third kappa shape index (κ3) is 6.60. The van der Waals surface area contributed by atoms with Crippen LogP contribution in [0.2, 0.25) is 0 Å². The van der Waals surface area contributed by atoms with Gasteiger partial charge in [0.2, 0.25) is 0 Å². The van der Waals surface area contributed by atoms with E-state index in [1.165, 1.54) is 0 Å². The summed E-state index contributed by atoms with van der Waals surface area (Å²) in [6.45, 7) is 7.23. The number of hydrogen-bond acceptors (Lipinski definition) is 4. The van der Waals surface area contributed by atoms with Gasteiger partial charge in [-0.2, -0.15) is 0 Å². The number of rotatable bonds is 7. The van der Waals surface area contributed by atoms with Gasteiger partial charge in [-0.1, -0.05) is 29.4 Å². The maximum Gasteiger partial charge on any atom is 0.105 e. The van der Waals surface area contributed by atoms with Crippen LogP contribution in [-0.2, 0) is 6.54 Å². The Labute approximate surface area is 125 Å². The van der Waals surface area contributed by atoms with Gasteiger partial charge in [-0.15, -0.1) is 0 Å². The lowest BCUT2D eigenvalue weighted by molar-refractivity contribution is 0.0150. The lowest BCUT2D eigenvalue weighted by atomic mass is 10.0. The molecule has 0 spiro atoms. The molecule has 0 heterocycles. The summed E-state index contributed by atoms with van der Waals surface area (Å²) in [6.07, 6.45) is -1.67. The molecule has 0 aliphatic rings. The SMILES string of the molecule is CC(C)(C)NCc1ccc(C(O)C(O)CCN=[N+]=[N-])cc1. The molecular weight excluding hydrogens is 268 g/mol. The number of benzene rings is 1. The molecule has 0 bridgehead atoms. The van der Waals surface area contributed by atoms with E-state index in [1.807, 2.05) is 12.1 Å². The van der Waals surface area contributed by atoms with Crippen LogP contribution in [0, 0.1) is 0 Å². The maximum absolute atomic E-state index is 10.0. The Bertz CT molecular complexity index is 475. The van der Waals surface area contributed by atoms with E-state index >= 15 is 0 Å². The van der Waals surface area contributed by atoms with Crippen molar-refractivity contribution in [1.29, 1.82) is 0 Å². The first-order valence-corrected chi connectivity index (χ1v) is 7.04. The second-order valence-electron chi connectivity index (χ2n) is 6.10. The summed E-state index contributed by atoms with van der Waals surface area (Å²) in [5, 5.41) is 26.6. The van der Waals surface area contributed by atoms with Crippen LogP contribution >= 0.6 is 0 Å². The molecule has 116 valence electrons. The standard InChI is InChI=1S/C15H24N4O2/c1-15(2,3)17-10-11-4-6-12(7-5-11)14(21)13(20)8-9-18-19-16/h4-7,13-14,17,20-21H,8-10H2,1-3H3. The van der Waals surface area contributed by atoms with Crippen molar-refractivity contribution in [2.75, 3.05) is 6.54 Å². The number of nitrogens with zero attached hydrogens (tertiary/aromatic N) is 3. The zero-order valence-corrected chi connectivity index (χ0v) is 12.8. The van der Waals surface area contributed by atoms with Crippen molar-refractivity contribution in [2.24, 2.45) is 5.11 Å². The van der Waals surface area contributed by atoms with Crippen molar-refractivity contribution in [3.8, 4) is 0 Å². The summed E-state index contributed by atoms with van der Waals surface area (Å²) < 4.78 is 0. The third-order valence-electron chi connectivity index (χ3n) is 3.10. The minimum absolute atomic E-state index is 0.0512. The molecule has 0 saturated heterocycles. The van der Waals surface area contributed by atoms with E-state index in [0.29, 0.717) is 5.56 Å². The average molecular weight is 292 g/mol. The van der Waals surface area contributed by atoms with Crippen molar-refractivity contribution < 1.29 is 10.2 Å². The quantitative estimate of drug-likeness (QED) is 0.409. The summed E-state index contributed by atoms with van der Waals surface area (Å²) >= 11 is 0. The molecule has 6 nitrogen and oxygen atoms in total. The average Bonchev–Trinajstić information content (AvgIpc) is 2.44. The van der Waals surface area contributed by atoms with Gasteiger partial charge in [0.15, 0.2) is 0 Å². The number of nitrogens with one attached hydrogen (secondary N) is 1. The van der Waals surface area contributed by atoms with Crippen molar-refractivity contribution >= 4 is 0 Å². The first-order valence-electron chi connectivity index (χ1n) is 7.04. The second kappa shape index (κ2) is 8.00. The van der Waals surface area contributed by atoms with Gasteiger partial charge in [-0.05, 0) is 43.9 Å².